The molecule has 2 nitrogen and oxygen atoms in total. The van der Waals surface area contributed by atoms with Crippen molar-refractivity contribution < 1.29 is 4.74 Å². The van der Waals surface area contributed by atoms with Gasteiger partial charge >= 0.3 is 0 Å². The Morgan fingerprint density at radius 2 is 1.10 bits per heavy atom. The predicted octanol–water partition coefficient (Wildman–Crippen LogP) is 7.49. The fourth-order valence-electron chi connectivity index (χ4n) is 3.46. The van der Waals surface area contributed by atoms with Crippen molar-refractivity contribution in [3.63, 3.8) is 0 Å². The lowest BCUT2D eigenvalue weighted by atomic mass is 10.2. The molecule has 0 amide bonds. The highest BCUT2D eigenvalue weighted by Gasteiger charge is 2.22. The summed E-state index contributed by atoms with van der Waals surface area (Å²) in [6.45, 7) is 0. The van der Waals surface area contributed by atoms with Crippen molar-refractivity contribution in [2.75, 3.05) is 0 Å². The van der Waals surface area contributed by atoms with Gasteiger partial charge in [0, 0.05) is 26.2 Å². The second-order valence-electron chi connectivity index (χ2n) is 6.66. The average molecular weight is 507 g/mol. The molecule has 4 aromatic carbocycles. The number of benzene rings is 4. The van der Waals surface area contributed by atoms with Gasteiger partial charge in [-0.25, -0.2) is 0 Å². The van der Waals surface area contributed by atoms with E-state index in [0.29, 0.717) is 0 Å². The van der Waals surface area contributed by atoms with Gasteiger partial charge in [-0.15, -0.1) is 0 Å². The van der Waals surface area contributed by atoms with E-state index in [1.165, 1.54) is 8.47 Å². The van der Waals surface area contributed by atoms with Crippen molar-refractivity contribution in [2.24, 2.45) is 0 Å². The normalized spacial score (nSPS) is 11.1. The van der Waals surface area contributed by atoms with Crippen LogP contribution in [0.25, 0.3) is 25.1 Å². The summed E-state index contributed by atoms with van der Waals surface area (Å²) in [5.41, 5.74) is 0.110. The molecule has 0 unspecified atom stereocenters. The molecule has 0 aliphatic carbocycles. The first kappa shape index (κ1) is 18.3. The Hall–Kier alpha value is -2.70. The topological polar surface area (TPSA) is 26.3 Å². The third-order valence-corrected chi connectivity index (χ3v) is 7.87. The summed E-state index contributed by atoms with van der Waals surface area (Å²) in [7, 11) is -0.314. The Kier molecular flexibility index (Phi) is 4.81. The van der Waals surface area contributed by atoms with E-state index in [9.17, 15) is 4.79 Å². The smallest absolute Gasteiger partial charge is 0.203 e. The minimum absolute atomic E-state index is 0.110. The molecule has 1 aromatic heterocycles. The molecule has 29 heavy (non-hydrogen) atoms. The van der Waals surface area contributed by atoms with Crippen molar-refractivity contribution >= 4 is 53.2 Å². The standard InChI is InChI=1S/C25H16IO2S/c26-17-9-11-18(12-10-17)28-19-13-15-20(16-14-19)29-23-7-3-1-5-21(23)25(27)22-6-2-4-8-24(22)29/h1-16H/q+1. The SMILES string of the molecule is O=c1c2ccccc2[s+](-c2ccc(Oc3ccc(I)cc3)cc2)c2ccccc12. The van der Waals surface area contributed by atoms with Gasteiger partial charge in [0.25, 0.3) is 0 Å². The van der Waals surface area contributed by atoms with Crippen LogP contribution < -0.4 is 10.2 Å². The number of ether oxygens (including phenoxy) is 1. The van der Waals surface area contributed by atoms with Crippen molar-refractivity contribution in [1.29, 1.82) is 0 Å². The summed E-state index contributed by atoms with van der Waals surface area (Å²) in [5, 5.41) is 1.60. The van der Waals surface area contributed by atoms with Crippen LogP contribution in [0.5, 0.6) is 11.5 Å². The lowest BCUT2D eigenvalue weighted by molar-refractivity contribution is 0.482. The molecule has 0 spiro atoms. The summed E-state index contributed by atoms with van der Waals surface area (Å²) in [5.74, 6) is 1.62. The first-order chi connectivity index (χ1) is 14.2. The van der Waals surface area contributed by atoms with Gasteiger partial charge < -0.3 is 4.74 Å². The first-order valence-electron chi connectivity index (χ1n) is 9.21. The maximum Gasteiger partial charge on any atom is 0.203 e. The molecular formula is C25H16IO2S+. The second kappa shape index (κ2) is 7.61. The molecule has 4 heteroatoms. The second-order valence-corrected chi connectivity index (χ2v) is 9.86. The third kappa shape index (κ3) is 3.43. The molecule has 5 aromatic rings. The molecule has 0 atom stereocenters. The highest BCUT2D eigenvalue weighted by atomic mass is 127. The minimum Gasteiger partial charge on any atom is -0.457 e. The summed E-state index contributed by atoms with van der Waals surface area (Å²) >= 11 is 2.28. The van der Waals surface area contributed by atoms with E-state index >= 15 is 0 Å². The van der Waals surface area contributed by atoms with E-state index in [1.807, 2.05) is 72.8 Å². The van der Waals surface area contributed by atoms with E-state index in [-0.39, 0.29) is 15.9 Å². The van der Waals surface area contributed by atoms with Gasteiger partial charge in [-0.05, 0) is 83.3 Å². The molecule has 0 aliphatic rings. The molecule has 0 fully saturated rings. The van der Waals surface area contributed by atoms with Crippen LogP contribution >= 0.6 is 33.1 Å². The van der Waals surface area contributed by atoms with Gasteiger partial charge in [0.15, 0.2) is 14.3 Å². The lowest BCUT2D eigenvalue weighted by Gasteiger charge is -2.06. The van der Waals surface area contributed by atoms with Crippen molar-refractivity contribution in [2.45, 2.75) is 0 Å². The molecule has 5 rings (SSSR count). The lowest BCUT2D eigenvalue weighted by Crippen LogP contribution is -2.01. The first-order valence-corrected chi connectivity index (χ1v) is 11.5. The van der Waals surface area contributed by atoms with Gasteiger partial charge in [-0.3, -0.25) is 4.79 Å². The van der Waals surface area contributed by atoms with E-state index in [0.717, 1.165) is 31.7 Å². The zero-order valence-corrected chi connectivity index (χ0v) is 18.3. The quantitative estimate of drug-likeness (QED) is 0.144. The number of rotatable bonds is 3. The number of fused-ring (bicyclic) bond motifs is 2. The maximum absolute atomic E-state index is 12.9. The Labute approximate surface area is 184 Å². The summed E-state index contributed by atoms with van der Waals surface area (Å²) < 4.78 is 9.33. The number of hydrogen-bond acceptors (Lipinski definition) is 2. The van der Waals surface area contributed by atoms with Gasteiger partial charge in [0.05, 0.1) is 10.8 Å². The van der Waals surface area contributed by atoms with Gasteiger partial charge in [-0.1, -0.05) is 24.3 Å². The van der Waals surface area contributed by atoms with Crippen molar-refractivity contribution in [1.82, 2.24) is 0 Å². The monoisotopic (exact) mass is 507 g/mol. The number of hydrogen-bond donors (Lipinski definition) is 0. The van der Waals surface area contributed by atoms with Crippen LogP contribution in [0.4, 0.5) is 0 Å². The fourth-order valence-corrected chi connectivity index (χ4v) is 6.17. The minimum atomic E-state index is -0.314. The molecule has 0 N–H and O–H groups in total. The van der Waals surface area contributed by atoms with Crippen LogP contribution in [-0.4, -0.2) is 0 Å². The largest absolute Gasteiger partial charge is 0.457 e. The third-order valence-electron chi connectivity index (χ3n) is 4.81. The Balaban J connectivity index is 1.64. The molecule has 0 saturated carbocycles. The molecule has 1 heterocycles. The molecular weight excluding hydrogens is 491 g/mol. The van der Waals surface area contributed by atoms with Crippen LogP contribution in [0.1, 0.15) is 0 Å². The van der Waals surface area contributed by atoms with Gasteiger partial charge in [-0.2, -0.15) is 0 Å². The molecule has 0 radical (unpaired) electrons. The van der Waals surface area contributed by atoms with Crippen molar-refractivity contribution in [3.05, 3.63) is 111 Å². The zero-order chi connectivity index (χ0) is 19.8. The Morgan fingerprint density at radius 3 is 1.66 bits per heavy atom. The maximum atomic E-state index is 12.9. The molecule has 0 saturated heterocycles. The van der Waals surface area contributed by atoms with E-state index in [4.69, 9.17) is 4.74 Å². The van der Waals surface area contributed by atoms with Crippen LogP contribution in [0.15, 0.2) is 102 Å². The predicted molar refractivity (Wildman–Crippen MR) is 131 cm³/mol. The van der Waals surface area contributed by atoms with Crippen LogP contribution in [0, 0.1) is 3.57 Å². The highest BCUT2D eigenvalue weighted by Crippen LogP contribution is 2.43. The Bertz CT molecular complexity index is 1330. The highest BCUT2D eigenvalue weighted by molar-refractivity contribution is 14.1. The summed E-state index contributed by atoms with van der Waals surface area (Å²) in [4.78, 5) is 14.1. The van der Waals surface area contributed by atoms with E-state index in [2.05, 4.69) is 46.9 Å². The molecule has 0 bridgehead atoms. The fraction of sp³-hybridized carbons (Fsp3) is 0. The van der Waals surface area contributed by atoms with Gasteiger partial charge in [0.1, 0.15) is 11.5 Å². The molecule has 0 aliphatic heterocycles. The van der Waals surface area contributed by atoms with Crippen LogP contribution in [0.3, 0.4) is 0 Å². The van der Waals surface area contributed by atoms with E-state index < -0.39 is 0 Å². The summed E-state index contributed by atoms with van der Waals surface area (Å²) in [6.07, 6.45) is 0. The van der Waals surface area contributed by atoms with E-state index in [1.54, 1.807) is 0 Å². The van der Waals surface area contributed by atoms with Crippen LogP contribution in [0.2, 0.25) is 0 Å². The van der Waals surface area contributed by atoms with Gasteiger partial charge in [0.2, 0.25) is 5.43 Å². The zero-order valence-electron chi connectivity index (χ0n) is 15.3. The summed E-state index contributed by atoms with van der Waals surface area (Å²) in [6, 6.07) is 32.1. The average Bonchev–Trinajstić information content (AvgIpc) is 2.77. The van der Waals surface area contributed by atoms with Crippen molar-refractivity contribution in [3.8, 4) is 16.4 Å². The Morgan fingerprint density at radius 1 is 0.621 bits per heavy atom. The van der Waals surface area contributed by atoms with Crippen LogP contribution in [-0.2, 0) is 0 Å². The number of halogens is 1. The molecule has 140 valence electrons.